The van der Waals surface area contributed by atoms with Crippen LogP contribution in [0.2, 0.25) is 0 Å². The van der Waals surface area contributed by atoms with E-state index >= 15 is 0 Å². The van der Waals surface area contributed by atoms with Crippen LogP contribution in [0.1, 0.15) is 19.5 Å². The summed E-state index contributed by atoms with van der Waals surface area (Å²) in [6, 6.07) is 3.56. The Labute approximate surface area is 83.3 Å². The van der Waals surface area contributed by atoms with Gasteiger partial charge in [-0.25, -0.2) is 9.37 Å². The Hall–Kier alpha value is -1.32. The van der Waals surface area contributed by atoms with Crippen molar-refractivity contribution in [3.05, 3.63) is 17.8 Å². The molecule has 0 spiro atoms. The van der Waals surface area contributed by atoms with E-state index in [9.17, 15) is 4.39 Å². The first-order valence-corrected chi connectivity index (χ1v) is 4.65. The third-order valence-electron chi connectivity index (χ3n) is 1.80. The van der Waals surface area contributed by atoms with Crippen molar-refractivity contribution < 1.29 is 9.13 Å². The Balaban J connectivity index is 2.93. The summed E-state index contributed by atoms with van der Waals surface area (Å²) >= 11 is 0. The van der Waals surface area contributed by atoms with Gasteiger partial charge in [0.25, 0.3) is 0 Å². The van der Waals surface area contributed by atoms with Gasteiger partial charge in [0.1, 0.15) is 0 Å². The number of nitrogens with zero attached hydrogens (tertiary/aromatic N) is 1. The highest BCUT2D eigenvalue weighted by molar-refractivity contribution is 5.50. The second kappa shape index (κ2) is 4.79. The van der Waals surface area contributed by atoms with E-state index in [-0.39, 0.29) is 0 Å². The molecule has 0 saturated heterocycles. The lowest BCUT2D eigenvalue weighted by atomic mass is 10.3. The molecule has 78 valence electrons. The summed E-state index contributed by atoms with van der Waals surface area (Å²) in [5, 5.41) is 2.87. The number of nitrogens with one attached hydrogen (secondary N) is 1. The number of rotatable bonds is 4. The number of aromatic nitrogens is 1. The minimum absolute atomic E-state index is 0.444. The first-order chi connectivity index (χ1) is 6.67. The number of aryl methyl sites for hydroxylation is 1. The topological polar surface area (TPSA) is 34.1 Å². The smallest absolute Gasteiger partial charge is 0.236 e. The molecule has 1 rings (SSSR count). The third kappa shape index (κ3) is 2.58. The van der Waals surface area contributed by atoms with Crippen LogP contribution in [0.15, 0.2) is 12.1 Å². The Morgan fingerprint density at radius 3 is 2.79 bits per heavy atom. The minimum Gasteiger partial charge on any atom is -0.457 e. The Morgan fingerprint density at radius 2 is 2.29 bits per heavy atom. The number of hydrogen-bond acceptors (Lipinski definition) is 3. The largest absolute Gasteiger partial charge is 0.457 e. The molecule has 1 aromatic heterocycles. The Bertz CT molecular complexity index is 302. The molecule has 14 heavy (non-hydrogen) atoms. The fourth-order valence-electron chi connectivity index (χ4n) is 1.13. The second-order valence-corrected chi connectivity index (χ2v) is 2.91. The minimum atomic E-state index is -1.32. The van der Waals surface area contributed by atoms with Crippen molar-refractivity contribution in [3.63, 3.8) is 0 Å². The highest BCUT2D eigenvalue weighted by atomic mass is 19.1. The van der Waals surface area contributed by atoms with Crippen molar-refractivity contribution in [1.29, 1.82) is 0 Å². The molecule has 0 aliphatic carbocycles. The standard InChI is InChI=1S/C10H15FN2O/c1-4-8-5-6-9(14-7(2)11)10(12-3)13-8/h5-7H,4H2,1-3H3,(H,12,13). The fourth-order valence-corrected chi connectivity index (χ4v) is 1.13. The van der Waals surface area contributed by atoms with Gasteiger partial charge in [-0.05, 0) is 18.6 Å². The zero-order valence-corrected chi connectivity index (χ0v) is 8.67. The molecule has 0 fully saturated rings. The van der Waals surface area contributed by atoms with Crippen molar-refractivity contribution in [2.75, 3.05) is 12.4 Å². The molecule has 1 N–H and O–H groups in total. The van der Waals surface area contributed by atoms with Crippen LogP contribution in [-0.2, 0) is 6.42 Å². The Kier molecular flexibility index (Phi) is 3.68. The van der Waals surface area contributed by atoms with Crippen LogP contribution in [0.5, 0.6) is 5.75 Å². The number of pyridine rings is 1. The summed E-state index contributed by atoms with van der Waals surface area (Å²) in [4.78, 5) is 4.26. The molecule has 1 heterocycles. The predicted octanol–water partition coefficient (Wildman–Crippen LogP) is 2.38. The first-order valence-electron chi connectivity index (χ1n) is 4.65. The van der Waals surface area contributed by atoms with Gasteiger partial charge < -0.3 is 10.1 Å². The van der Waals surface area contributed by atoms with E-state index in [1.165, 1.54) is 6.92 Å². The van der Waals surface area contributed by atoms with E-state index in [4.69, 9.17) is 4.74 Å². The van der Waals surface area contributed by atoms with E-state index in [0.717, 1.165) is 12.1 Å². The average Bonchev–Trinajstić information content (AvgIpc) is 2.17. The maximum atomic E-state index is 12.6. The molecule has 1 aromatic rings. The highest BCUT2D eigenvalue weighted by Gasteiger charge is 2.07. The van der Waals surface area contributed by atoms with Gasteiger partial charge in [-0.3, -0.25) is 0 Å². The highest BCUT2D eigenvalue weighted by Crippen LogP contribution is 2.23. The van der Waals surface area contributed by atoms with E-state index in [2.05, 4.69) is 10.3 Å². The number of hydrogen-bond donors (Lipinski definition) is 1. The summed E-state index contributed by atoms with van der Waals surface area (Å²) in [7, 11) is 1.73. The van der Waals surface area contributed by atoms with Crippen LogP contribution in [0.25, 0.3) is 0 Å². The normalized spacial score (nSPS) is 12.3. The SMILES string of the molecule is CCc1ccc(OC(C)F)c(NC)n1. The summed E-state index contributed by atoms with van der Waals surface area (Å²) in [6.07, 6.45) is -0.475. The maximum absolute atomic E-state index is 12.6. The monoisotopic (exact) mass is 198 g/mol. The van der Waals surface area contributed by atoms with Crippen LogP contribution in [0.4, 0.5) is 10.2 Å². The lowest BCUT2D eigenvalue weighted by molar-refractivity contribution is 0.0864. The van der Waals surface area contributed by atoms with Crippen LogP contribution in [0, 0.1) is 0 Å². The van der Waals surface area contributed by atoms with Crippen molar-refractivity contribution >= 4 is 5.82 Å². The molecule has 1 atom stereocenters. The molecule has 4 heteroatoms. The van der Waals surface area contributed by atoms with E-state index in [1.807, 2.05) is 13.0 Å². The van der Waals surface area contributed by atoms with Gasteiger partial charge in [-0.1, -0.05) is 6.92 Å². The summed E-state index contributed by atoms with van der Waals surface area (Å²) in [5.41, 5.74) is 0.952. The van der Waals surface area contributed by atoms with Crippen LogP contribution in [-0.4, -0.2) is 18.4 Å². The zero-order valence-electron chi connectivity index (χ0n) is 8.67. The molecule has 0 bridgehead atoms. The molecule has 0 aliphatic heterocycles. The molecule has 0 saturated carbocycles. The number of alkyl halides is 1. The van der Waals surface area contributed by atoms with Gasteiger partial charge >= 0.3 is 0 Å². The molecular weight excluding hydrogens is 183 g/mol. The van der Waals surface area contributed by atoms with Crippen molar-refractivity contribution in [1.82, 2.24) is 4.98 Å². The second-order valence-electron chi connectivity index (χ2n) is 2.91. The van der Waals surface area contributed by atoms with Gasteiger partial charge in [0.2, 0.25) is 6.36 Å². The summed E-state index contributed by atoms with van der Waals surface area (Å²) in [6.45, 7) is 3.35. The fraction of sp³-hybridized carbons (Fsp3) is 0.500. The molecule has 0 aromatic carbocycles. The van der Waals surface area contributed by atoms with Crippen LogP contribution in [0.3, 0.4) is 0 Å². The molecule has 3 nitrogen and oxygen atoms in total. The average molecular weight is 198 g/mol. The lowest BCUT2D eigenvalue weighted by Gasteiger charge is -2.11. The van der Waals surface area contributed by atoms with Crippen LogP contribution >= 0.6 is 0 Å². The predicted molar refractivity (Wildman–Crippen MR) is 54.4 cm³/mol. The maximum Gasteiger partial charge on any atom is 0.236 e. The third-order valence-corrected chi connectivity index (χ3v) is 1.80. The van der Waals surface area contributed by atoms with Gasteiger partial charge in [0.15, 0.2) is 11.6 Å². The quantitative estimate of drug-likeness (QED) is 0.806. The number of ether oxygens (including phenoxy) is 1. The van der Waals surface area contributed by atoms with Gasteiger partial charge in [-0.15, -0.1) is 0 Å². The molecule has 0 aliphatic rings. The van der Waals surface area contributed by atoms with E-state index in [0.29, 0.717) is 11.6 Å². The lowest BCUT2D eigenvalue weighted by Crippen LogP contribution is -2.07. The Morgan fingerprint density at radius 1 is 1.57 bits per heavy atom. The molecule has 0 amide bonds. The van der Waals surface area contributed by atoms with Crippen molar-refractivity contribution in [3.8, 4) is 5.75 Å². The van der Waals surface area contributed by atoms with E-state index < -0.39 is 6.36 Å². The summed E-state index contributed by atoms with van der Waals surface area (Å²) < 4.78 is 17.6. The molecule has 1 unspecified atom stereocenters. The van der Waals surface area contributed by atoms with Gasteiger partial charge in [0.05, 0.1) is 0 Å². The van der Waals surface area contributed by atoms with E-state index in [1.54, 1.807) is 13.1 Å². The van der Waals surface area contributed by atoms with Crippen molar-refractivity contribution in [2.45, 2.75) is 26.6 Å². The molecular formula is C10H15FN2O. The number of anilines is 1. The van der Waals surface area contributed by atoms with Crippen molar-refractivity contribution in [2.24, 2.45) is 0 Å². The van der Waals surface area contributed by atoms with Crippen LogP contribution < -0.4 is 10.1 Å². The van der Waals surface area contributed by atoms with Gasteiger partial charge in [0, 0.05) is 19.7 Å². The summed E-state index contributed by atoms with van der Waals surface area (Å²) in [5.74, 6) is 1.02. The first kappa shape index (κ1) is 10.8. The molecule has 0 radical (unpaired) electrons. The van der Waals surface area contributed by atoms with Gasteiger partial charge in [-0.2, -0.15) is 0 Å². The zero-order chi connectivity index (χ0) is 10.6. The number of halogens is 1.